The molecule has 0 spiro atoms. The Balaban J connectivity index is 1.62. The molecule has 1 heterocycles. The molecule has 3 rings (SSSR count). The lowest BCUT2D eigenvalue weighted by atomic mass is 10.3. The number of nitrogens with one attached hydrogen (secondary N) is 2. The summed E-state index contributed by atoms with van der Waals surface area (Å²) >= 11 is 1.49. The largest absolute Gasteiger partial charge is 0.493 e. The number of carbonyl (C=O) groups excluding carboxylic acids is 1. The molecule has 26 heavy (non-hydrogen) atoms. The molecule has 0 saturated carbocycles. The molecule has 0 aliphatic rings. The van der Waals surface area contributed by atoms with Gasteiger partial charge < -0.3 is 20.1 Å². The summed E-state index contributed by atoms with van der Waals surface area (Å²) in [6.07, 6.45) is 0. The van der Waals surface area contributed by atoms with Crippen molar-refractivity contribution in [1.29, 1.82) is 0 Å². The number of nitrogens with zero attached hydrogens (tertiary/aromatic N) is 1. The van der Waals surface area contributed by atoms with Gasteiger partial charge in [-0.1, -0.05) is 12.1 Å². The highest BCUT2D eigenvalue weighted by atomic mass is 32.1. The van der Waals surface area contributed by atoms with Crippen LogP contribution in [0.15, 0.2) is 42.5 Å². The molecule has 3 aromatic rings. The van der Waals surface area contributed by atoms with Gasteiger partial charge >= 0.3 is 12.6 Å². The van der Waals surface area contributed by atoms with E-state index in [2.05, 4.69) is 20.4 Å². The van der Waals surface area contributed by atoms with Crippen molar-refractivity contribution in [2.45, 2.75) is 13.2 Å². The van der Waals surface area contributed by atoms with Crippen molar-refractivity contribution in [2.75, 3.05) is 12.4 Å². The molecule has 0 saturated heterocycles. The number of hydrogen-bond acceptors (Lipinski definition) is 5. The lowest BCUT2D eigenvalue weighted by Gasteiger charge is -2.12. The van der Waals surface area contributed by atoms with Crippen LogP contribution in [0.5, 0.6) is 11.5 Å². The molecule has 2 N–H and O–H groups in total. The molecule has 0 bridgehead atoms. The third-order valence-electron chi connectivity index (χ3n) is 3.38. The monoisotopic (exact) mass is 379 g/mol. The Bertz CT molecular complexity index is 884. The number of thiazole rings is 1. The summed E-state index contributed by atoms with van der Waals surface area (Å²) in [5, 5.41) is 5.99. The van der Waals surface area contributed by atoms with E-state index in [4.69, 9.17) is 4.74 Å². The molecule has 0 unspecified atom stereocenters. The molecule has 0 aliphatic carbocycles. The van der Waals surface area contributed by atoms with E-state index in [0.29, 0.717) is 5.69 Å². The number of alkyl halides is 2. The minimum Gasteiger partial charge on any atom is -0.493 e. The van der Waals surface area contributed by atoms with Crippen molar-refractivity contribution in [3.63, 3.8) is 0 Å². The number of anilines is 1. The van der Waals surface area contributed by atoms with Gasteiger partial charge in [0, 0.05) is 11.8 Å². The molecule has 2 amide bonds. The maximum Gasteiger partial charge on any atom is 0.387 e. The van der Waals surface area contributed by atoms with Crippen molar-refractivity contribution in [1.82, 2.24) is 10.3 Å². The van der Waals surface area contributed by atoms with Crippen molar-refractivity contribution in [3.05, 3.63) is 47.5 Å². The summed E-state index contributed by atoms with van der Waals surface area (Å²) in [6, 6.07) is 11.4. The van der Waals surface area contributed by atoms with Crippen LogP contribution in [0.1, 0.15) is 5.01 Å². The van der Waals surface area contributed by atoms with E-state index in [1.54, 1.807) is 0 Å². The van der Waals surface area contributed by atoms with Gasteiger partial charge in [0.1, 0.15) is 5.01 Å². The van der Waals surface area contributed by atoms with Gasteiger partial charge in [0.2, 0.25) is 0 Å². The molecule has 0 atom stereocenters. The number of benzene rings is 2. The van der Waals surface area contributed by atoms with E-state index in [0.717, 1.165) is 15.2 Å². The SMILES string of the molecule is COc1ccc(NC(=O)NCc2nc3ccccc3s2)cc1OC(F)F. The average molecular weight is 379 g/mol. The van der Waals surface area contributed by atoms with Crippen LogP contribution in [0.4, 0.5) is 19.3 Å². The van der Waals surface area contributed by atoms with Crippen LogP contribution in [0.2, 0.25) is 0 Å². The average Bonchev–Trinajstić information content (AvgIpc) is 3.03. The fraction of sp³-hybridized carbons (Fsp3) is 0.176. The van der Waals surface area contributed by atoms with Gasteiger partial charge in [-0.15, -0.1) is 11.3 Å². The van der Waals surface area contributed by atoms with Gasteiger partial charge in [-0.25, -0.2) is 9.78 Å². The number of aromatic nitrogens is 1. The highest BCUT2D eigenvalue weighted by molar-refractivity contribution is 7.18. The lowest BCUT2D eigenvalue weighted by molar-refractivity contribution is -0.0511. The lowest BCUT2D eigenvalue weighted by Crippen LogP contribution is -2.28. The second kappa shape index (κ2) is 7.96. The van der Waals surface area contributed by atoms with Gasteiger partial charge in [-0.3, -0.25) is 0 Å². The Morgan fingerprint density at radius 3 is 2.77 bits per heavy atom. The standard InChI is InChI=1S/C17H15F2N3O3S/c1-24-12-7-6-10(8-13(12)25-16(18)19)21-17(23)20-9-15-22-11-4-2-3-5-14(11)26-15/h2-8,16H,9H2,1H3,(H2,20,21,23). The number of amides is 2. The number of fused-ring (bicyclic) bond motifs is 1. The summed E-state index contributed by atoms with van der Waals surface area (Å²) in [7, 11) is 1.34. The summed E-state index contributed by atoms with van der Waals surface area (Å²) in [6.45, 7) is -2.74. The maximum absolute atomic E-state index is 12.4. The molecular weight excluding hydrogens is 364 g/mol. The second-order valence-corrected chi connectivity index (χ2v) is 6.24. The Kier molecular flexibility index (Phi) is 5.47. The zero-order chi connectivity index (χ0) is 18.5. The number of urea groups is 1. The number of halogens is 2. The van der Waals surface area contributed by atoms with Gasteiger partial charge in [0.25, 0.3) is 0 Å². The Morgan fingerprint density at radius 1 is 1.23 bits per heavy atom. The normalized spacial score (nSPS) is 10.8. The summed E-state index contributed by atoms with van der Waals surface area (Å²) in [5.74, 6) is -0.0165. The van der Waals surface area contributed by atoms with Crippen molar-refractivity contribution < 1.29 is 23.0 Å². The van der Waals surface area contributed by atoms with E-state index in [9.17, 15) is 13.6 Å². The first-order valence-corrected chi connectivity index (χ1v) is 8.39. The first-order valence-electron chi connectivity index (χ1n) is 7.57. The Labute approximate surface area is 151 Å². The molecule has 0 fully saturated rings. The third-order valence-corrected chi connectivity index (χ3v) is 4.41. The molecule has 2 aromatic carbocycles. The molecule has 6 nitrogen and oxygen atoms in total. The fourth-order valence-electron chi connectivity index (χ4n) is 2.27. The van der Waals surface area contributed by atoms with E-state index in [1.807, 2.05) is 24.3 Å². The summed E-state index contributed by atoms with van der Waals surface area (Å²) in [4.78, 5) is 16.4. The summed E-state index contributed by atoms with van der Waals surface area (Å²) < 4.78 is 35.3. The topological polar surface area (TPSA) is 72.5 Å². The van der Waals surface area contributed by atoms with Crippen molar-refractivity contribution in [3.8, 4) is 11.5 Å². The van der Waals surface area contributed by atoms with Crippen LogP contribution in [-0.2, 0) is 6.54 Å². The molecule has 1 aromatic heterocycles. The highest BCUT2D eigenvalue weighted by Gasteiger charge is 2.12. The first kappa shape index (κ1) is 17.9. The van der Waals surface area contributed by atoms with Crippen LogP contribution >= 0.6 is 11.3 Å². The number of ether oxygens (including phenoxy) is 2. The molecule has 0 aliphatic heterocycles. The number of methoxy groups -OCH3 is 1. The molecular formula is C17H15F2N3O3S. The minimum absolute atomic E-state index is 0.144. The Hall–Kier alpha value is -2.94. The van der Waals surface area contributed by atoms with E-state index in [1.165, 1.54) is 36.6 Å². The van der Waals surface area contributed by atoms with Crippen molar-refractivity contribution in [2.24, 2.45) is 0 Å². The zero-order valence-corrected chi connectivity index (χ0v) is 14.5. The van der Waals surface area contributed by atoms with Crippen LogP contribution in [0, 0.1) is 0 Å². The first-order chi connectivity index (χ1) is 12.5. The third kappa shape index (κ3) is 4.37. The zero-order valence-electron chi connectivity index (χ0n) is 13.7. The summed E-state index contributed by atoms with van der Waals surface area (Å²) in [5.41, 5.74) is 1.17. The number of hydrogen-bond donors (Lipinski definition) is 2. The maximum atomic E-state index is 12.4. The predicted octanol–water partition coefficient (Wildman–Crippen LogP) is 4.23. The number of para-hydroxylation sites is 1. The van der Waals surface area contributed by atoms with Gasteiger partial charge in [-0.2, -0.15) is 8.78 Å². The number of carbonyl (C=O) groups is 1. The highest BCUT2D eigenvalue weighted by Crippen LogP contribution is 2.31. The fourth-order valence-corrected chi connectivity index (χ4v) is 3.18. The minimum atomic E-state index is -2.99. The van der Waals surface area contributed by atoms with E-state index < -0.39 is 12.6 Å². The van der Waals surface area contributed by atoms with Gasteiger partial charge in [0.05, 0.1) is 23.9 Å². The molecule has 9 heteroatoms. The molecule has 0 radical (unpaired) electrons. The Morgan fingerprint density at radius 2 is 2.04 bits per heavy atom. The van der Waals surface area contributed by atoms with Gasteiger partial charge in [0.15, 0.2) is 11.5 Å². The van der Waals surface area contributed by atoms with Gasteiger partial charge in [-0.05, 0) is 24.3 Å². The van der Waals surface area contributed by atoms with E-state index >= 15 is 0 Å². The van der Waals surface area contributed by atoms with Crippen molar-refractivity contribution >= 4 is 33.3 Å². The predicted molar refractivity (Wildman–Crippen MR) is 95.1 cm³/mol. The second-order valence-electron chi connectivity index (χ2n) is 5.13. The van der Waals surface area contributed by atoms with Crippen LogP contribution < -0.4 is 20.1 Å². The smallest absolute Gasteiger partial charge is 0.387 e. The van der Waals surface area contributed by atoms with E-state index in [-0.39, 0.29) is 18.0 Å². The quantitative estimate of drug-likeness (QED) is 0.672. The van der Waals surface area contributed by atoms with Crippen LogP contribution in [0.3, 0.4) is 0 Å². The molecule has 136 valence electrons. The number of rotatable bonds is 6. The van der Waals surface area contributed by atoms with Crippen LogP contribution in [0.25, 0.3) is 10.2 Å². The van der Waals surface area contributed by atoms with Crippen LogP contribution in [-0.4, -0.2) is 24.7 Å².